The molecule has 1 aliphatic rings. The number of carboxylic acids is 1. The van der Waals surface area contributed by atoms with E-state index in [1.54, 1.807) is 24.3 Å². The van der Waals surface area contributed by atoms with Gasteiger partial charge in [-0.05, 0) is 56.6 Å². The summed E-state index contributed by atoms with van der Waals surface area (Å²) in [6.45, 7) is 4.03. The molecule has 1 fully saturated rings. The second-order valence-electron chi connectivity index (χ2n) is 7.85. The van der Waals surface area contributed by atoms with Crippen LogP contribution < -0.4 is 10.1 Å². The fourth-order valence-corrected chi connectivity index (χ4v) is 3.85. The van der Waals surface area contributed by atoms with Crippen LogP contribution in [0, 0.1) is 0 Å². The molecule has 0 aromatic heterocycles. The van der Waals surface area contributed by atoms with Crippen LogP contribution >= 0.6 is 0 Å². The molecule has 2 N–H and O–H groups in total. The van der Waals surface area contributed by atoms with Crippen molar-refractivity contribution in [2.45, 2.75) is 31.3 Å². The van der Waals surface area contributed by atoms with Crippen LogP contribution in [0.4, 0.5) is 0 Å². The molecule has 3 rings (SSSR count). The highest BCUT2D eigenvalue weighted by Crippen LogP contribution is 2.28. The van der Waals surface area contributed by atoms with Gasteiger partial charge < -0.3 is 19.9 Å². The van der Waals surface area contributed by atoms with Gasteiger partial charge in [-0.15, -0.1) is 0 Å². The number of nitrogens with one attached hydrogen (secondary N) is 1. The second-order valence-corrected chi connectivity index (χ2v) is 7.85. The third-order valence-corrected chi connectivity index (χ3v) is 5.92. The summed E-state index contributed by atoms with van der Waals surface area (Å²) < 4.78 is 11.4. The van der Waals surface area contributed by atoms with Gasteiger partial charge in [-0.1, -0.05) is 30.3 Å². The molecule has 1 saturated heterocycles. The zero-order valence-corrected chi connectivity index (χ0v) is 18.0. The number of ether oxygens (including phenoxy) is 2. The number of para-hydroxylation sites is 1. The number of likely N-dealkylation sites (N-methyl/N-ethyl adjacent to an activating group) is 1. The van der Waals surface area contributed by atoms with Crippen LogP contribution in [0.5, 0.6) is 5.75 Å². The van der Waals surface area contributed by atoms with Crippen LogP contribution in [0.2, 0.25) is 0 Å². The summed E-state index contributed by atoms with van der Waals surface area (Å²) in [4.78, 5) is 26.5. The van der Waals surface area contributed by atoms with Gasteiger partial charge in [-0.25, -0.2) is 4.79 Å². The Hall–Kier alpha value is -2.90. The molecule has 2 aromatic carbocycles. The molecule has 1 amide bonds. The quantitative estimate of drug-likeness (QED) is 0.641. The van der Waals surface area contributed by atoms with Crippen molar-refractivity contribution in [3.8, 4) is 5.75 Å². The van der Waals surface area contributed by atoms with Crippen LogP contribution in [-0.2, 0) is 9.53 Å². The fraction of sp³-hybridized carbons (Fsp3) is 0.417. The highest BCUT2D eigenvalue weighted by molar-refractivity contribution is 5.88. The van der Waals surface area contributed by atoms with E-state index in [2.05, 4.69) is 10.2 Å². The zero-order chi connectivity index (χ0) is 22.3. The molecule has 1 atom stereocenters. The highest BCUT2D eigenvalue weighted by Gasteiger charge is 2.43. The Bertz CT molecular complexity index is 863. The summed E-state index contributed by atoms with van der Waals surface area (Å²) >= 11 is 0. The minimum atomic E-state index is -0.969. The Labute approximate surface area is 183 Å². The van der Waals surface area contributed by atoms with E-state index in [1.807, 2.05) is 44.3 Å². The van der Waals surface area contributed by atoms with Crippen molar-refractivity contribution < 1.29 is 24.2 Å². The minimum Gasteiger partial charge on any atom is -0.492 e. The normalized spacial score (nSPS) is 16.5. The van der Waals surface area contributed by atoms with E-state index in [9.17, 15) is 9.59 Å². The summed E-state index contributed by atoms with van der Waals surface area (Å²) in [6.07, 6.45) is 1.21. The first-order chi connectivity index (χ1) is 14.9. The molecular formula is C24H30N2O5. The average Bonchev–Trinajstić information content (AvgIpc) is 2.80. The van der Waals surface area contributed by atoms with E-state index >= 15 is 0 Å². The average molecular weight is 427 g/mol. The van der Waals surface area contributed by atoms with Gasteiger partial charge in [0.25, 0.3) is 0 Å². The molecule has 1 aliphatic heterocycles. The Morgan fingerprint density at radius 2 is 1.77 bits per heavy atom. The van der Waals surface area contributed by atoms with E-state index in [4.69, 9.17) is 14.6 Å². The lowest BCUT2D eigenvalue weighted by molar-refractivity contribution is -0.140. The molecule has 1 heterocycles. The third kappa shape index (κ3) is 5.62. The van der Waals surface area contributed by atoms with Crippen LogP contribution in [-0.4, -0.2) is 60.8 Å². The van der Waals surface area contributed by atoms with Crippen molar-refractivity contribution in [2.75, 3.05) is 33.4 Å². The summed E-state index contributed by atoms with van der Waals surface area (Å²) in [5.41, 5.74) is 0.407. The predicted molar refractivity (Wildman–Crippen MR) is 117 cm³/mol. The number of rotatable bonds is 9. The molecule has 0 radical (unpaired) electrons. The molecule has 0 aliphatic carbocycles. The maximum absolute atomic E-state index is 13.4. The number of carbonyl (C=O) groups is 2. The van der Waals surface area contributed by atoms with Crippen molar-refractivity contribution >= 4 is 11.9 Å². The molecule has 0 bridgehead atoms. The summed E-state index contributed by atoms with van der Waals surface area (Å²) in [6, 6.07) is 16.0. The number of hydrogen-bond donors (Lipinski definition) is 2. The predicted octanol–water partition coefficient (Wildman–Crippen LogP) is 3.12. The number of nitrogens with zero attached hydrogens (tertiary/aromatic N) is 1. The number of hydrogen-bond acceptors (Lipinski definition) is 5. The van der Waals surface area contributed by atoms with Crippen LogP contribution in [0.1, 0.15) is 41.7 Å². The topological polar surface area (TPSA) is 88.1 Å². The van der Waals surface area contributed by atoms with Crippen molar-refractivity contribution in [3.05, 3.63) is 65.7 Å². The van der Waals surface area contributed by atoms with Gasteiger partial charge in [0.2, 0.25) is 5.91 Å². The Kier molecular flexibility index (Phi) is 7.65. The van der Waals surface area contributed by atoms with E-state index in [1.165, 1.54) is 0 Å². The van der Waals surface area contributed by atoms with Crippen molar-refractivity contribution in [2.24, 2.45) is 0 Å². The number of amides is 1. The Morgan fingerprint density at radius 1 is 1.13 bits per heavy atom. The van der Waals surface area contributed by atoms with Crippen LogP contribution in [0.25, 0.3) is 0 Å². The molecule has 7 nitrogen and oxygen atoms in total. The number of aromatic carboxylic acids is 1. The lowest BCUT2D eigenvalue weighted by Crippen LogP contribution is -2.61. The van der Waals surface area contributed by atoms with E-state index in [0.717, 1.165) is 11.3 Å². The largest absolute Gasteiger partial charge is 0.492 e. The maximum atomic E-state index is 13.4. The molecule has 7 heteroatoms. The lowest BCUT2D eigenvalue weighted by Gasteiger charge is -2.43. The van der Waals surface area contributed by atoms with Gasteiger partial charge in [-0.2, -0.15) is 0 Å². The molecule has 166 valence electrons. The maximum Gasteiger partial charge on any atom is 0.335 e. The van der Waals surface area contributed by atoms with Gasteiger partial charge in [0, 0.05) is 19.8 Å². The van der Waals surface area contributed by atoms with Crippen LogP contribution in [0.3, 0.4) is 0 Å². The second kappa shape index (κ2) is 10.4. The molecule has 0 saturated carbocycles. The smallest absolute Gasteiger partial charge is 0.335 e. The van der Waals surface area contributed by atoms with Crippen LogP contribution in [0.15, 0.2) is 54.6 Å². The first-order valence-corrected chi connectivity index (χ1v) is 10.5. The Morgan fingerprint density at radius 3 is 2.39 bits per heavy atom. The number of carboxylic acid groups (broad SMARTS) is 1. The van der Waals surface area contributed by atoms with Gasteiger partial charge >= 0.3 is 5.97 Å². The van der Waals surface area contributed by atoms with Gasteiger partial charge in [0.15, 0.2) is 0 Å². The van der Waals surface area contributed by atoms with Gasteiger partial charge in [0.1, 0.15) is 17.9 Å². The molecule has 31 heavy (non-hydrogen) atoms. The molecule has 1 unspecified atom stereocenters. The first-order valence-electron chi connectivity index (χ1n) is 10.5. The van der Waals surface area contributed by atoms with Gasteiger partial charge in [-0.3, -0.25) is 9.69 Å². The number of benzene rings is 2. The Balaban J connectivity index is 1.65. The molecule has 0 spiro atoms. The number of carbonyl (C=O) groups excluding carboxylic acids is 1. The SMILES string of the molecule is CC(NC(=O)C1(N(C)CCOc2ccccc2)CCOCC1)c1ccc(C(=O)O)cc1. The summed E-state index contributed by atoms with van der Waals surface area (Å²) in [7, 11) is 1.95. The summed E-state index contributed by atoms with van der Waals surface area (Å²) in [5, 5.41) is 12.2. The summed E-state index contributed by atoms with van der Waals surface area (Å²) in [5.74, 6) is -0.212. The van der Waals surface area contributed by atoms with Crippen molar-refractivity contribution in [1.82, 2.24) is 10.2 Å². The van der Waals surface area contributed by atoms with E-state index in [0.29, 0.717) is 39.2 Å². The standard InChI is InChI=1S/C24H30N2O5/c1-18(19-8-10-20(11-9-19)22(27)28)25-23(29)24(12-15-30-16-13-24)26(2)14-17-31-21-6-4-3-5-7-21/h3-11,18H,12-17H2,1-2H3,(H,25,29)(H,27,28). The highest BCUT2D eigenvalue weighted by atomic mass is 16.5. The van der Waals surface area contributed by atoms with Crippen molar-refractivity contribution in [1.29, 1.82) is 0 Å². The lowest BCUT2D eigenvalue weighted by atomic mass is 9.86. The monoisotopic (exact) mass is 426 g/mol. The fourth-order valence-electron chi connectivity index (χ4n) is 3.85. The molecular weight excluding hydrogens is 396 g/mol. The first kappa shape index (κ1) is 22.8. The van der Waals surface area contributed by atoms with E-state index in [-0.39, 0.29) is 17.5 Å². The third-order valence-electron chi connectivity index (χ3n) is 5.92. The minimum absolute atomic E-state index is 0.0483. The zero-order valence-electron chi connectivity index (χ0n) is 18.0. The van der Waals surface area contributed by atoms with E-state index < -0.39 is 11.5 Å². The van der Waals surface area contributed by atoms with Crippen molar-refractivity contribution in [3.63, 3.8) is 0 Å². The van der Waals surface area contributed by atoms with Gasteiger partial charge in [0.05, 0.1) is 11.6 Å². The molecule has 2 aromatic rings.